The fourth-order valence-corrected chi connectivity index (χ4v) is 1.87. The SMILES string of the molecule is CN(C)C(=O)CSc1ncnc(N)c1[N+](=O)[O-]. The number of thioether (sulfide) groups is 1. The van der Waals surface area contributed by atoms with Crippen LogP contribution in [0.25, 0.3) is 0 Å². The highest BCUT2D eigenvalue weighted by atomic mass is 32.2. The summed E-state index contributed by atoms with van der Waals surface area (Å²) >= 11 is 0.962. The second-order valence-electron chi connectivity index (χ2n) is 3.25. The van der Waals surface area contributed by atoms with Crippen molar-refractivity contribution < 1.29 is 9.72 Å². The van der Waals surface area contributed by atoms with Crippen molar-refractivity contribution in [1.29, 1.82) is 0 Å². The van der Waals surface area contributed by atoms with E-state index in [0.29, 0.717) is 0 Å². The molecule has 1 heterocycles. The number of hydrogen-bond donors (Lipinski definition) is 1. The van der Waals surface area contributed by atoms with E-state index in [1.165, 1.54) is 4.90 Å². The average Bonchev–Trinajstić information content (AvgIpc) is 2.24. The maximum absolute atomic E-state index is 11.3. The number of carbonyl (C=O) groups excluding carboxylic acids is 1. The molecule has 0 unspecified atom stereocenters. The Balaban J connectivity index is 2.88. The minimum atomic E-state index is -0.655. The lowest BCUT2D eigenvalue weighted by Gasteiger charge is -2.09. The van der Waals surface area contributed by atoms with Crippen molar-refractivity contribution in [2.75, 3.05) is 25.6 Å². The predicted octanol–water partition coefficient (Wildman–Crippen LogP) is 0.147. The van der Waals surface area contributed by atoms with Crippen LogP contribution in [0.15, 0.2) is 11.4 Å². The van der Waals surface area contributed by atoms with Crippen LogP contribution in [0.5, 0.6) is 0 Å². The summed E-state index contributed by atoms with van der Waals surface area (Å²) in [5.41, 5.74) is 5.03. The van der Waals surface area contributed by atoms with Gasteiger partial charge in [-0.1, -0.05) is 11.8 Å². The van der Waals surface area contributed by atoms with Gasteiger partial charge in [-0.2, -0.15) is 0 Å². The Kier molecular flexibility index (Phi) is 4.21. The van der Waals surface area contributed by atoms with E-state index in [1.807, 2.05) is 0 Å². The van der Waals surface area contributed by atoms with Crippen molar-refractivity contribution in [2.24, 2.45) is 0 Å². The first kappa shape index (κ1) is 13.2. The summed E-state index contributed by atoms with van der Waals surface area (Å²) in [6.07, 6.45) is 1.13. The predicted molar refractivity (Wildman–Crippen MR) is 62.5 cm³/mol. The lowest BCUT2D eigenvalue weighted by molar-refractivity contribution is -0.387. The normalized spacial score (nSPS) is 10.0. The number of aromatic nitrogens is 2. The molecule has 0 aliphatic heterocycles. The first-order valence-corrected chi connectivity index (χ1v) is 5.50. The zero-order chi connectivity index (χ0) is 13.0. The molecule has 8 nitrogen and oxygen atoms in total. The fraction of sp³-hybridized carbons (Fsp3) is 0.375. The van der Waals surface area contributed by atoms with Crippen molar-refractivity contribution >= 4 is 29.2 Å². The van der Waals surface area contributed by atoms with Gasteiger partial charge in [-0.05, 0) is 0 Å². The summed E-state index contributed by atoms with van der Waals surface area (Å²) in [4.78, 5) is 30.1. The number of carbonyl (C=O) groups is 1. The van der Waals surface area contributed by atoms with Crippen LogP contribution < -0.4 is 5.73 Å². The Hall–Kier alpha value is -1.90. The minimum absolute atomic E-state index is 0.0598. The quantitative estimate of drug-likeness (QED) is 0.353. The van der Waals surface area contributed by atoms with E-state index >= 15 is 0 Å². The van der Waals surface area contributed by atoms with Crippen molar-refractivity contribution in [2.45, 2.75) is 5.03 Å². The average molecular weight is 257 g/mol. The molecule has 0 radical (unpaired) electrons. The van der Waals surface area contributed by atoms with Gasteiger partial charge in [-0.25, -0.2) is 9.97 Å². The van der Waals surface area contributed by atoms with Gasteiger partial charge in [-0.3, -0.25) is 14.9 Å². The van der Waals surface area contributed by atoms with E-state index in [4.69, 9.17) is 5.73 Å². The molecule has 0 aromatic carbocycles. The summed E-state index contributed by atoms with van der Waals surface area (Å²) in [6, 6.07) is 0. The Labute approximate surface area is 101 Å². The molecule has 2 N–H and O–H groups in total. The number of rotatable bonds is 4. The van der Waals surface area contributed by atoms with Crippen LogP contribution in [0.4, 0.5) is 11.5 Å². The minimum Gasteiger partial charge on any atom is -0.378 e. The van der Waals surface area contributed by atoms with Crippen molar-refractivity contribution in [3.63, 3.8) is 0 Å². The second-order valence-corrected chi connectivity index (χ2v) is 4.21. The first-order chi connectivity index (χ1) is 7.93. The molecule has 0 bridgehead atoms. The fourth-order valence-electron chi connectivity index (χ4n) is 0.912. The van der Waals surface area contributed by atoms with Gasteiger partial charge in [-0.15, -0.1) is 0 Å². The summed E-state index contributed by atoms with van der Waals surface area (Å²) in [7, 11) is 3.21. The molecular weight excluding hydrogens is 246 g/mol. The van der Waals surface area contributed by atoms with Gasteiger partial charge in [0.15, 0.2) is 5.03 Å². The lowest BCUT2D eigenvalue weighted by Crippen LogP contribution is -2.23. The van der Waals surface area contributed by atoms with E-state index in [9.17, 15) is 14.9 Å². The monoisotopic (exact) mass is 257 g/mol. The molecule has 0 saturated heterocycles. The number of anilines is 1. The molecule has 0 atom stereocenters. The number of hydrogen-bond acceptors (Lipinski definition) is 7. The third-order valence-electron chi connectivity index (χ3n) is 1.83. The standard InChI is InChI=1S/C8H11N5O3S/c1-12(2)5(14)3-17-8-6(13(15)16)7(9)10-4-11-8/h4H,3H2,1-2H3,(H2,9,10,11). The maximum Gasteiger partial charge on any atom is 0.343 e. The zero-order valence-corrected chi connectivity index (χ0v) is 10.1. The van der Waals surface area contributed by atoms with Gasteiger partial charge in [0.1, 0.15) is 6.33 Å². The third-order valence-corrected chi connectivity index (χ3v) is 2.79. The highest BCUT2D eigenvalue weighted by Crippen LogP contribution is 2.30. The number of nitrogens with two attached hydrogens (primary N) is 1. The number of nitrogens with zero attached hydrogens (tertiary/aromatic N) is 4. The van der Waals surface area contributed by atoms with Crippen molar-refractivity contribution in [3.8, 4) is 0 Å². The van der Waals surface area contributed by atoms with Crippen molar-refractivity contribution in [1.82, 2.24) is 14.9 Å². The molecule has 9 heteroatoms. The lowest BCUT2D eigenvalue weighted by atomic mass is 10.5. The maximum atomic E-state index is 11.3. The smallest absolute Gasteiger partial charge is 0.343 e. The van der Waals surface area contributed by atoms with Crippen LogP contribution in [0.2, 0.25) is 0 Å². The molecule has 0 aliphatic rings. The van der Waals surface area contributed by atoms with Gasteiger partial charge in [0.25, 0.3) is 0 Å². The van der Waals surface area contributed by atoms with Crippen LogP contribution in [0.3, 0.4) is 0 Å². The Bertz CT molecular complexity index is 451. The zero-order valence-electron chi connectivity index (χ0n) is 9.28. The topological polar surface area (TPSA) is 115 Å². The molecule has 1 rings (SSSR count). The Morgan fingerprint density at radius 1 is 1.59 bits per heavy atom. The molecular formula is C8H11N5O3S. The third kappa shape index (κ3) is 3.28. The molecule has 0 aliphatic carbocycles. The van der Waals surface area contributed by atoms with Gasteiger partial charge in [0, 0.05) is 14.1 Å². The van der Waals surface area contributed by atoms with Crippen LogP contribution in [0.1, 0.15) is 0 Å². The highest BCUT2D eigenvalue weighted by Gasteiger charge is 2.22. The van der Waals surface area contributed by atoms with E-state index in [1.54, 1.807) is 14.1 Å². The Morgan fingerprint density at radius 2 is 2.24 bits per heavy atom. The van der Waals surface area contributed by atoms with E-state index in [0.717, 1.165) is 18.1 Å². The molecule has 1 aromatic heterocycles. The van der Waals surface area contributed by atoms with Crippen LogP contribution >= 0.6 is 11.8 Å². The molecule has 1 amide bonds. The number of amides is 1. The van der Waals surface area contributed by atoms with E-state index in [2.05, 4.69) is 9.97 Å². The number of nitrogen functional groups attached to an aromatic ring is 1. The molecule has 0 fully saturated rings. The number of nitro groups is 1. The van der Waals surface area contributed by atoms with Crippen LogP contribution in [0, 0.1) is 10.1 Å². The first-order valence-electron chi connectivity index (χ1n) is 4.51. The molecule has 0 spiro atoms. The largest absolute Gasteiger partial charge is 0.378 e. The van der Waals surface area contributed by atoms with Gasteiger partial charge in [0.2, 0.25) is 11.7 Å². The Morgan fingerprint density at radius 3 is 2.76 bits per heavy atom. The van der Waals surface area contributed by atoms with E-state index < -0.39 is 4.92 Å². The summed E-state index contributed by atoms with van der Waals surface area (Å²) in [5, 5.41) is 10.9. The molecule has 0 saturated carbocycles. The highest BCUT2D eigenvalue weighted by molar-refractivity contribution is 8.00. The van der Waals surface area contributed by atoms with Crippen molar-refractivity contribution in [3.05, 3.63) is 16.4 Å². The second kappa shape index (κ2) is 5.43. The van der Waals surface area contributed by atoms with Gasteiger partial charge >= 0.3 is 5.69 Å². The van der Waals surface area contributed by atoms with Crippen LogP contribution in [-0.2, 0) is 4.79 Å². The molecule has 1 aromatic rings. The molecule has 17 heavy (non-hydrogen) atoms. The molecule has 92 valence electrons. The van der Waals surface area contributed by atoms with Gasteiger partial charge < -0.3 is 10.6 Å². The summed E-state index contributed by atoms with van der Waals surface area (Å²) in [6.45, 7) is 0. The summed E-state index contributed by atoms with van der Waals surface area (Å²) in [5.74, 6) is -0.309. The van der Waals surface area contributed by atoms with Gasteiger partial charge in [0.05, 0.1) is 10.7 Å². The van der Waals surface area contributed by atoms with E-state index in [-0.39, 0.29) is 28.2 Å². The summed E-state index contributed by atoms with van der Waals surface area (Å²) < 4.78 is 0. The van der Waals surface area contributed by atoms with Crippen LogP contribution in [-0.4, -0.2) is 45.5 Å².